The Labute approximate surface area is 159 Å². The van der Waals surface area contributed by atoms with E-state index in [1.807, 2.05) is 0 Å². The van der Waals surface area contributed by atoms with E-state index < -0.39 is 40.0 Å². The van der Waals surface area contributed by atoms with Gasteiger partial charge in [-0.05, 0) is 26.0 Å². The number of allylic oxidation sites excluding steroid dienone is 2. The van der Waals surface area contributed by atoms with Crippen LogP contribution in [0.25, 0.3) is 11.1 Å². The maximum atomic E-state index is 14.7. The zero-order valence-electron chi connectivity index (χ0n) is 14.6. The van der Waals surface area contributed by atoms with Gasteiger partial charge in [0.05, 0.1) is 14.2 Å². The Morgan fingerprint density at radius 2 is 1.04 bits per heavy atom. The minimum Gasteiger partial charge on any atom is -0.487 e. The van der Waals surface area contributed by atoms with Crippen LogP contribution >= 0.6 is 22.7 Å². The average Bonchev–Trinajstić information content (AvgIpc) is 3.15. The van der Waals surface area contributed by atoms with Gasteiger partial charge in [0, 0.05) is 32.0 Å². The van der Waals surface area contributed by atoms with Gasteiger partial charge in [-0.2, -0.15) is 26.3 Å². The fourth-order valence-electron chi connectivity index (χ4n) is 3.07. The van der Waals surface area contributed by atoms with Gasteiger partial charge in [0.25, 0.3) is 0 Å². The first kappa shape index (κ1) is 20.1. The summed E-state index contributed by atoms with van der Waals surface area (Å²) in [5, 5.41) is -0.279. The van der Waals surface area contributed by atoms with E-state index in [2.05, 4.69) is 0 Å². The summed E-state index contributed by atoms with van der Waals surface area (Å²) >= 11 is 1.81. The number of alkyl halides is 6. The molecule has 0 fully saturated rings. The first-order valence-corrected chi connectivity index (χ1v) is 9.21. The van der Waals surface area contributed by atoms with E-state index in [1.165, 1.54) is 13.8 Å². The maximum absolute atomic E-state index is 14.7. The molecule has 2 nitrogen and oxygen atoms in total. The predicted molar refractivity (Wildman–Crippen MR) is 92.9 cm³/mol. The van der Waals surface area contributed by atoms with Crippen LogP contribution in [0.15, 0.2) is 12.1 Å². The molecule has 2 aromatic heterocycles. The van der Waals surface area contributed by atoms with Crippen LogP contribution in [-0.2, 0) is 0 Å². The highest BCUT2D eigenvalue weighted by Crippen LogP contribution is 2.66. The second kappa shape index (κ2) is 6.16. The summed E-state index contributed by atoms with van der Waals surface area (Å²) in [7, 11) is 2.32. The van der Waals surface area contributed by atoms with Crippen molar-refractivity contribution in [2.75, 3.05) is 14.2 Å². The Kier molecular flexibility index (Phi) is 4.58. The quantitative estimate of drug-likeness (QED) is 0.534. The summed E-state index contributed by atoms with van der Waals surface area (Å²) in [5.74, 6) is -15.8. The van der Waals surface area contributed by atoms with Gasteiger partial charge in [-0.3, -0.25) is 0 Å². The van der Waals surface area contributed by atoms with E-state index in [9.17, 15) is 26.3 Å². The summed E-state index contributed by atoms with van der Waals surface area (Å²) in [6.07, 6.45) is 0. The molecule has 0 saturated carbocycles. The van der Waals surface area contributed by atoms with E-state index in [-0.39, 0.29) is 10.1 Å². The van der Waals surface area contributed by atoms with Crippen molar-refractivity contribution in [3.05, 3.63) is 33.0 Å². The Bertz CT molecular complexity index is 854. The van der Waals surface area contributed by atoms with Gasteiger partial charge < -0.3 is 9.47 Å². The van der Waals surface area contributed by atoms with Gasteiger partial charge in [0.15, 0.2) is 10.1 Å². The number of ether oxygens (including phenoxy) is 2. The molecule has 0 radical (unpaired) electrons. The lowest BCUT2D eigenvalue weighted by atomic mass is 9.97. The molecule has 0 aromatic carbocycles. The summed E-state index contributed by atoms with van der Waals surface area (Å²) < 4.78 is 97.2. The first-order valence-electron chi connectivity index (χ1n) is 7.58. The third-order valence-electron chi connectivity index (χ3n) is 4.22. The molecule has 3 rings (SSSR count). The van der Waals surface area contributed by atoms with Crippen LogP contribution in [0.2, 0.25) is 0 Å². The molecule has 0 atom stereocenters. The normalized spacial score (nSPS) is 20.2. The number of thiophene rings is 2. The van der Waals surface area contributed by atoms with Crippen molar-refractivity contribution in [2.45, 2.75) is 31.6 Å². The number of halogens is 6. The summed E-state index contributed by atoms with van der Waals surface area (Å²) in [4.78, 5) is 0.910. The van der Waals surface area contributed by atoms with Gasteiger partial charge in [0.2, 0.25) is 0 Å². The zero-order chi connectivity index (χ0) is 20.4. The average molecular weight is 428 g/mol. The van der Waals surface area contributed by atoms with Crippen LogP contribution in [-0.4, -0.2) is 32.0 Å². The lowest BCUT2D eigenvalue weighted by molar-refractivity contribution is -0.254. The minimum atomic E-state index is -5.60. The molecule has 1 aliphatic rings. The molecule has 0 saturated heterocycles. The van der Waals surface area contributed by atoms with Crippen LogP contribution < -0.4 is 9.47 Å². The van der Waals surface area contributed by atoms with E-state index in [4.69, 9.17) is 9.47 Å². The molecule has 27 heavy (non-hydrogen) atoms. The molecule has 0 spiro atoms. The fourth-order valence-corrected chi connectivity index (χ4v) is 4.72. The lowest BCUT2D eigenvalue weighted by Crippen LogP contribution is -2.48. The Morgan fingerprint density at radius 1 is 0.704 bits per heavy atom. The molecule has 0 N–H and O–H groups in total. The number of rotatable bonds is 4. The molecule has 1 aliphatic carbocycles. The largest absolute Gasteiger partial charge is 0.487 e. The van der Waals surface area contributed by atoms with Gasteiger partial charge >= 0.3 is 17.8 Å². The monoisotopic (exact) mass is 428 g/mol. The summed E-state index contributed by atoms with van der Waals surface area (Å²) in [6.45, 7) is 3.07. The van der Waals surface area contributed by atoms with E-state index in [0.717, 1.165) is 49.0 Å². The van der Waals surface area contributed by atoms with Crippen molar-refractivity contribution in [2.24, 2.45) is 0 Å². The molecular formula is C17H14F6O2S2. The van der Waals surface area contributed by atoms with E-state index in [1.54, 1.807) is 0 Å². The third-order valence-corrected chi connectivity index (χ3v) is 6.24. The number of hydrogen-bond acceptors (Lipinski definition) is 4. The van der Waals surface area contributed by atoms with Crippen LogP contribution in [0.4, 0.5) is 26.3 Å². The fraction of sp³-hybridized carbons (Fsp3) is 0.412. The van der Waals surface area contributed by atoms with Crippen molar-refractivity contribution < 1.29 is 35.8 Å². The van der Waals surface area contributed by atoms with Crippen molar-refractivity contribution in [3.63, 3.8) is 0 Å². The van der Waals surface area contributed by atoms with E-state index >= 15 is 0 Å². The van der Waals surface area contributed by atoms with Gasteiger partial charge in [0.1, 0.15) is 0 Å². The van der Waals surface area contributed by atoms with Crippen molar-refractivity contribution in [3.8, 4) is 10.1 Å². The second-order valence-corrected chi connectivity index (χ2v) is 8.44. The molecule has 0 unspecified atom stereocenters. The predicted octanol–water partition coefficient (Wildman–Crippen LogP) is 6.27. The summed E-state index contributed by atoms with van der Waals surface area (Å²) in [6, 6.07) is 2.30. The first-order chi connectivity index (χ1) is 12.4. The molecule has 0 aliphatic heterocycles. The van der Waals surface area contributed by atoms with Crippen molar-refractivity contribution in [1.29, 1.82) is 0 Å². The zero-order valence-corrected chi connectivity index (χ0v) is 16.2. The summed E-state index contributed by atoms with van der Waals surface area (Å²) in [5.41, 5.74) is -3.81. The van der Waals surface area contributed by atoms with Crippen LogP contribution in [0.1, 0.15) is 20.9 Å². The SMILES string of the molecule is COc1sc(C)cc1C1=C(c2cc(C)sc2OC)C(F)(F)C(F)(F)C1(F)F. The van der Waals surface area contributed by atoms with Gasteiger partial charge in [-0.1, -0.05) is 0 Å². The highest BCUT2D eigenvalue weighted by molar-refractivity contribution is 7.14. The number of aryl methyl sites for hydroxylation is 2. The number of hydrogen-bond donors (Lipinski definition) is 0. The topological polar surface area (TPSA) is 18.5 Å². The van der Waals surface area contributed by atoms with Crippen LogP contribution in [0.3, 0.4) is 0 Å². The third kappa shape index (κ3) is 2.60. The molecule has 0 amide bonds. The van der Waals surface area contributed by atoms with Crippen LogP contribution in [0, 0.1) is 13.8 Å². The highest BCUT2D eigenvalue weighted by atomic mass is 32.1. The molecule has 148 valence electrons. The number of methoxy groups -OCH3 is 2. The lowest BCUT2D eigenvalue weighted by Gasteiger charge is -2.25. The smallest absolute Gasteiger partial charge is 0.380 e. The standard InChI is InChI=1S/C17H14F6O2S2/c1-7-5-9(13(24-3)26-7)11-12(10-6-8(2)27-14(10)25-4)16(20,21)17(22,23)15(11,18)19/h5-6H,1-4H3. The highest BCUT2D eigenvalue weighted by Gasteiger charge is 2.80. The molecule has 2 heterocycles. The Balaban J connectivity index is 2.46. The Morgan fingerprint density at radius 3 is 1.33 bits per heavy atom. The Hall–Kier alpha value is -1.68. The van der Waals surface area contributed by atoms with Crippen LogP contribution in [0.5, 0.6) is 10.1 Å². The minimum absolute atomic E-state index is 0.140. The molecule has 0 bridgehead atoms. The maximum Gasteiger partial charge on any atom is 0.380 e. The van der Waals surface area contributed by atoms with Gasteiger partial charge in [-0.15, -0.1) is 22.7 Å². The second-order valence-electron chi connectivity index (χ2n) is 6.00. The van der Waals surface area contributed by atoms with E-state index in [0.29, 0.717) is 9.75 Å². The van der Waals surface area contributed by atoms with Crippen molar-refractivity contribution in [1.82, 2.24) is 0 Å². The van der Waals surface area contributed by atoms with Crippen molar-refractivity contribution >= 4 is 33.8 Å². The molecule has 10 heteroatoms. The molecule has 2 aromatic rings. The van der Waals surface area contributed by atoms with Gasteiger partial charge in [-0.25, -0.2) is 0 Å². The molecular weight excluding hydrogens is 414 g/mol.